The molecule has 0 unspecified atom stereocenters. The minimum Gasteiger partial charge on any atom is -0.496 e. The highest BCUT2D eigenvalue weighted by Gasteiger charge is 2.10. The topological polar surface area (TPSA) is 64.9 Å². The van der Waals surface area contributed by atoms with Crippen LogP contribution in [0.3, 0.4) is 0 Å². The van der Waals surface area contributed by atoms with Crippen LogP contribution < -0.4 is 9.54 Å². The van der Waals surface area contributed by atoms with Gasteiger partial charge in [-0.25, -0.2) is 9.67 Å². The maximum Gasteiger partial charge on any atom is 0.211 e. The predicted molar refractivity (Wildman–Crippen MR) is 113 cm³/mol. The number of nitrogens with zero attached hydrogens (tertiary/aromatic N) is 4. The van der Waals surface area contributed by atoms with E-state index >= 15 is 0 Å². The molecule has 0 fully saturated rings. The second kappa shape index (κ2) is 8.37. The molecule has 28 heavy (non-hydrogen) atoms. The molecule has 0 saturated heterocycles. The lowest BCUT2D eigenvalue weighted by Crippen LogP contribution is -2.11. The second-order valence-corrected chi connectivity index (χ2v) is 7.40. The Morgan fingerprint density at radius 3 is 2.93 bits per heavy atom. The second-order valence-electron chi connectivity index (χ2n) is 5.65. The molecule has 3 aromatic heterocycles. The Bertz CT molecular complexity index is 1160. The lowest BCUT2D eigenvalue weighted by molar-refractivity contribution is 0.414. The highest BCUT2D eigenvalue weighted by atomic mass is 79.9. The van der Waals surface area contributed by atoms with Crippen molar-refractivity contribution in [2.75, 3.05) is 7.11 Å². The van der Waals surface area contributed by atoms with Crippen molar-refractivity contribution in [3.8, 4) is 17.2 Å². The molecule has 140 valence electrons. The lowest BCUT2D eigenvalue weighted by Gasteiger charge is -2.05. The smallest absolute Gasteiger partial charge is 0.211 e. The third kappa shape index (κ3) is 3.97. The Hall–Kier alpha value is -2.97. The van der Waals surface area contributed by atoms with Crippen LogP contribution >= 0.6 is 27.3 Å². The molecule has 0 spiro atoms. The Balaban J connectivity index is 1.84. The Kier molecular flexibility index (Phi) is 5.50. The number of halogens is 1. The van der Waals surface area contributed by atoms with Gasteiger partial charge in [0, 0.05) is 21.6 Å². The lowest BCUT2D eigenvalue weighted by atomic mass is 10.2. The zero-order chi connectivity index (χ0) is 19.3. The molecule has 4 rings (SSSR count). The SMILES string of the molecule is COc1ccc(Br)cc1C=Nn1c(-c2ccco2)csc1=Nc1cccnc1. The summed E-state index contributed by atoms with van der Waals surface area (Å²) >= 11 is 4.96. The molecule has 6 nitrogen and oxygen atoms in total. The van der Waals surface area contributed by atoms with Crippen molar-refractivity contribution in [3.63, 3.8) is 0 Å². The summed E-state index contributed by atoms with van der Waals surface area (Å²) in [4.78, 5) is 9.48. The summed E-state index contributed by atoms with van der Waals surface area (Å²) in [5, 5.41) is 6.63. The van der Waals surface area contributed by atoms with Crippen molar-refractivity contribution < 1.29 is 9.15 Å². The summed E-state index contributed by atoms with van der Waals surface area (Å²) in [6.45, 7) is 0. The number of benzene rings is 1. The molecule has 0 aliphatic carbocycles. The first-order valence-corrected chi connectivity index (χ1v) is 9.99. The molecule has 0 amide bonds. The van der Waals surface area contributed by atoms with Crippen LogP contribution in [0.25, 0.3) is 11.5 Å². The molecular weight excluding hydrogens is 440 g/mol. The fraction of sp³-hybridized carbons (Fsp3) is 0.0500. The number of hydrogen-bond donors (Lipinski definition) is 0. The van der Waals surface area contributed by atoms with E-state index in [4.69, 9.17) is 9.15 Å². The van der Waals surface area contributed by atoms with Crippen molar-refractivity contribution in [1.82, 2.24) is 9.66 Å². The van der Waals surface area contributed by atoms with Crippen LogP contribution in [0.4, 0.5) is 5.69 Å². The Morgan fingerprint density at radius 2 is 2.18 bits per heavy atom. The average molecular weight is 455 g/mol. The Labute approximate surface area is 173 Å². The predicted octanol–water partition coefficient (Wildman–Crippen LogP) is 5.09. The van der Waals surface area contributed by atoms with Gasteiger partial charge in [0.1, 0.15) is 11.4 Å². The van der Waals surface area contributed by atoms with Crippen molar-refractivity contribution in [3.05, 3.63) is 81.3 Å². The van der Waals surface area contributed by atoms with Gasteiger partial charge in [-0.05, 0) is 42.5 Å². The van der Waals surface area contributed by atoms with Gasteiger partial charge in [-0.15, -0.1) is 11.3 Å². The van der Waals surface area contributed by atoms with Crippen molar-refractivity contribution in [1.29, 1.82) is 0 Å². The zero-order valence-electron chi connectivity index (χ0n) is 14.8. The normalized spacial score (nSPS) is 12.0. The van der Waals surface area contributed by atoms with Gasteiger partial charge < -0.3 is 9.15 Å². The molecule has 0 aliphatic heterocycles. The molecule has 0 N–H and O–H groups in total. The molecule has 0 atom stereocenters. The number of methoxy groups -OCH3 is 1. The van der Waals surface area contributed by atoms with E-state index in [0.29, 0.717) is 10.6 Å². The third-order valence-electron chi connectivity index (χ3n) is 3.83. The number of thiazole rings is 1. The van der Waals surface area contributed by atoms with Gasteiger partial charge in [0.15, 0.2) is 5.76 Å². The fourth-order valence-corrected chi connectivity index (χ4v) is 3.76. The molecule has 0 saturated carbocycles. The van der Waals surface area contributed by atoms with E-state index in [1.807, 2.05) is 47.8 Å². The van der Waals surface area contributed by atoms with E-state index in [1.54, 1.807) is 36.7 Å². The summed E-state index contributed by atoms with van der Waals surface area (Å²) in [5.41, 5.74) is 2.40. The Morgan fingerprint density at radius 1 is 1.25 bits per heavy atom. The van der Waals surface area contributed by atoms with Gasteiger partial charge in [-0.3, -0.25) is 4.98 Å². The van der Waals surface area contributed by atoms with Gasteiger partial charge in [-0.2, -0.15) is 5.10 Å². The maximum absolute atomic E-state index is 5.57. The number of pyridine rings is 1. The third-order valence-corrected chi connectivity index (χ3v) is 5.14. The van der Waals surface area contributed by atoms with E-state index < -0.39 is 0 Å². The monoisotopic (exact) mass is 454 g/mol. The minimum absolute atomic E-state index is 0.699. The highest BCUT2D eigenvalue weighted by molar-refractivity contribution is 9.10. The molecule has 4 aromatic rings. The number of ether oxygens (including phenoxy) is 1. The first kappa shape index (κ1) is 18.4. The standard InChI is InChI=1S/C20H15BrN4O2S/c1-26-18-7-6-15(21)10-14(18)11-23-25-17(19-5-3-9-27-19)13-28-20(25)24-16-4-2-8-22-12-16/h2-13H,1H3. The first-order valence-electron chi connectivity index (χ1n) is 8.31. The van der Waals surface area contributed by atoms with Crippen molar-refractivity contribution >= 4 is 39.2 Å². The summed E-state index contributed by atoms with van der Waals surface area (Å²) in [7, 11) is 1.63. The highest BCUT2D eigenvalue weighted by Crippen LogP contribution is 2.23. The summed E-state index contributed by atoms with van der Waals surface area (Å²) in [6.07, 6.45) is 6.80. The largest absolute Gasteiger partial charge is 0.496 e. The van der Waals surface area contributed by atoms with Gasteiger partial charge in [-0.1, -0.05) is 15.9 Å². The van der Waals surface area contributed by atoms with Gasteiger partial charge in [0.25, 0.3) is 0 Å². The van der Waals surface area contributed by atoms with Crippen LogP contribution in [0.5, 0.6) is 5.75 Å². The van der Waals surface area contributed by atoms with Crippen LogP contribution in [0.15, 0.2) is 85.5 Å². The number of furan rings is 1. The number of rotatable bonds is 5. The first-order chi connectivity index (χ1) is 13.7. The van der Waals surface area contributed by atoms with E-state index in [9.17, 15) is 0 Å². The molecule has 0 bridgehead atoms. The molecule has 0 radical (unpaired) electrons. The van der Waals surface area contributed by atoms with E-state index in [0.717, 1.165) is 27.2 Å². The summed E-state index contributed by atoms with van der Waals surface area (Å²) < 4.78 is 13.7. The summed E-state index contributed by atoms with van der Waals surface area (Å²) in [5.74, 6) is 1.44. The van der Waals surface area contributed by atoms with Crippen LogP contribution in [0, 0.1) is 0 Å². The zero-order valence-corrected chi connectivity index (χ0v) is 17.2. The molecule has 8 heteroatoms. The quantitative estimate of drug-likeness (QED) is 0.394. The van der Waals surface area contributed by atoms with Crippen LogP contribution in [-0.4, -0.2) is 23.0 Å². The minimum atomic E-state index is 0.699. The van der Waals surface area contributed by atoms with Gasteiger partial charge in [0.05, 0.1) is 31.5 Å². The van der Waals surface area contributed by atoms with Crippen molar-refractivity contribution in [2.24, 2.45) is 10.1 Å². The number of hydrogen-bond acceptors (Lipinski definition) is 6. The van der Waals surface area contributed by atoms with E-state index in [1.165, 1.54) is 11.3 Å². The van der Waals surface area contributed by atoms with E-state index in [-0.39, 0.29) is 0 Å². The van der Waals surface area contributed by atoms with E-state index in [2.05, 4.69) is 31.0 Å². The fourth-order valence-electron chi connectivity index (χ4n) is 2.54. The maximum atomic E-state index is 5.57. The molecular formula is C20H15BrN4O2S. The van der Waals surface area contributed by atoms with Gasteiger partial charge >= 0.3 is 0 Å². The average Bonchev–Trinajstić information content (AvgIpc) is 3.37. The summed E-state index contributed by atoms with van der Waals surface area (Å²) in [6, 6.07) is 13.2. The molecule has 3 heterocycles. The molecule has 0 aliphatic rings. The van der Waals surface area contributed by atoms with Crippen LogP contribution in [0.1, 0.15) is 5.56 Å². The van der Waals surface area contributed by atoms with Crippen molar-refractivity contribution in [2.45, 2.75) is 0 Å². The van der Waals surface area contributed by atoms with Gasteiger partial charge in [0.2, 0.25) is 4.80 Å². The van der Waals surface area contributed by atoms with Crippen LogP contribution in [-0.2, 0) is 0 Å². The molecule has 1 aromatic carbocycles. The van der Waals surface area contributed by atoms with Crippen LogP contribution in [0.2, 0.25) is 0 Å². The number of aromatic nitrogens is 2.